The van der Waals surface area contributed by atoms with Gasteiger partial charge in [-0.25, -0.2) is 8.42 Å². The van der Waals surface area contributed by atoms with Gasteiger partial charge >= 0.3 is 0 Å². The SMILES string of the molecule is O=C(NCC[C@H]1CCCO1)c1cccc(S(=O)(=O)Nc2ccc(Br)cc2)c1. The lowest BCUT2D eigenvalue weighted by molar-refractivity contribution is 0.0907. The van der Waals surface area contributed by atoms with Crippen LogP contribution in [0.15, 0.2) is 57.9 Å². The van der Waals surface area contributed by atoms with Crippen LogP contribution in [0.3, 0.4) is 0 Å². The zero-order chi connectivity index (χ0) is 19.3. The number of carbonyl (C=O) groups excluding carboxylic acids is 1. The van der Waals surface area contributed by atoms with E-state index in [4.69, 9.17) is 4.74 Å². The summed E-state index contributed by atoms with van der Waals surface area (Å²) < 4.78 is 34.0. The predicted molar refractivity (Wildman–Crippen MR) is 107 cm³/mol. The number of ether oxygens (including phenoxy) is 1. The highest BCUT2D eigenvalue weighted by molar-refractivity contribution is 9.10. The summed E-state index contributed by atoms with van der Waals surface area (Å²) in [6.07, 6.45) is 3.04. The average molecular weight is 453 g/mol. The van der Waals surface area contributed by atoms with Crippen molar-refractivity contribution < 1.29 is 17.9 Å². The van der Waals surface area contributed by atoms with Crippen LogP contribution in [0.25, 0.3) is 0 Å². The molecular weight excluding hydrogens is 432 g/mol. The molecule has 6 nitrogen and oxygen atoms in total. The van der Waals surface area contributed by atoms with Crippen molar-refractivity contribution in [1.82, 2.24) is 5.32 Å². The van der Waals surface area contributed by atoms with Gasteiger partial charge in [0.15, 0.2) is 0 Å². The monoisotopic (exact) mass is 452 g/mol. The second-order valence-electron chi connectivity index (χ2n) is 6.32. The van der Waals surface area contributed by atoms with Crippen LogP contribution in [0.2, 0.25) is 0 Å². The predicted octanol–water partition coefficient (Wildman–Crippen LogP) is 3.55. The van der Waals surface area contributed by atoms with Gasteiger partial charge in [-0.2, -0.15) is 0 Å². The lowest BCUT2D eigenvalue weighted by atomic mass is 10.1. The number of carbonyl (C=O) groups is 1. The van der Waals surface area contributed by atoms with Crippen LogP contribution in [0.1, 0.15) is 29.6 Å². The largest absolute Gasteiger partial charge is 0.378 e. The summed E-state index contributed by atoms with van der Waals surface area (Å²) in [5.74, 6) is -0.298. The summed E-state index contributed by atoms with van der Waals surface area (Å²) in [5, 5.41) is 2.82. The molecule has 1 amide bonds. The van der Waals surface area contributed by atoms with Gasteiger partial charge < -0.3 is 10.1 Å². The first-order chi connectivity index (χ1) is 12.9. The Hall–Kier alpha value is -1.90. The fraction of sp³-hybridized carbons (Fsp3) is 0.316. The third-order valence-corrected chi connectivity index (χ3v) is 6.19. The highest BCUT2D eigenvalue weighted by atomic mass is 79.9. The van der Waals surface area contributed by atoms with E-state index in [1.165, 1.54) is 12.1 Å². The molecule has 0 aromatic heterocycles. The summed E-state index contributed by atoms with van der Waals surface area (Å²) in [7, 11) is -3.78. The minimum absolute atomic E-state index is 0.0391. The van der Waals surface area contributed by atoms with Crippen molar-refractivity contribution in [2.24, 2.45) is 0 Å². The third-order valence-electron chi connectivity index (χ3n) is 4.28. The number of sulfonamides is 1. The van der Waals surface area contributed by atoms with E-state index in [1.807, 2.05) is 0 Å². The molecule has 1 heterocycles. The van der Waals surface area contributed by atoms with Gasteiger partial charge in [0.1, 0.15) is 0 Å². The van der Waals surface area contributed by atoms with Crippen molar-refractivity contribution in [3.63, 3.8) is 0 Å². The van der Waals surface area contributed by atoms with Crippen LogP contribution in [-0.4, -0.2) is 33.6 Å². The van der Waals surface area contributed by atoms with Gasteiger partial charge in [-0.05, 0) is 61.7 Å². The number of amides is 1. The number of hydrogen-bond acceptors (Lipinski definition) is 4. The maximum Gasteiger partial charge on any atom is 0.261 e. The molecule has 2 N–H and O–H groups in total. The first-order valence-electron chi connectivity index (χ1n) is 8.72. The fourth-order valence-corrected chi connectivity index (χ4v) is 4.23. The zero-order valence-electron chi connectivity index (χ0n) is 14.7. The Balaban J connectivity index is 1.64. The molecule has 0 unspecified atom stereocenters. The average Bonchev–Trinajstić information content (AvgIpc) is 3.17. The molecule has 1 saturated heterocycles. The smallest absolute Gasteiger partial charge is 0.261 e. The maximum atomic E-state index is 12.6. The van der Waals surface area contributed by atoms with Gasteiger partial charge in [-0.15, -0.1) is 0 Å². The first-order valence-corrected chi connectivity index (χ1v) is 11.0. The number of nitrogens with one attached hydrogen (secondary N) is 2. The van der Waals surface area contributed by atoms with Gasteiger partial charge in [0.2, 0.25) is 0 Å². The molecule has 27 heavy (non-hydrogen) atoms. The molecule has 2 aromatic carbocycles. The minimum Gasteiger partial charge on any atom is -0.378 e. The van der Waals surface area contributed by atoms with Crippen molar-refractivity contribution in [3.05, 3.63) is 58.6 Å². The first kappa shape index (κ1) is 19.9. The number of hydrogen-bond donors (Lipinski definition) is 2. The second-order valence-corrected chi connectivity index (χ2v) is 8.92. The Bertz CT molecular complexity index is 894. The third kappa shape index (κ3) is 5.54. The van der Waals surface area contributed by atoms with Gasteiger partial charge in [0, 0.05) is 28.9 Å². The molecule has 0 spiro atoms. The topological polar surface area (TPSA) is 84.5 Å². The maximum absolute atomic E-state index is 12.6. The van der Waals surface area contributed by atoms with E-state index in [1.54, 1.807) is 36.4 Å². The Kier molecular flexibility index (Phi) is 6.51. The van der Waals surface area contributed by atoms with Crippen molar-refractivity contribution >= 4 is 37.5 Å². The summed E-state index contributed by atoms with van der Waals surface area (Å²) >= 11 is 3.31. The molecule has 1 atom stereocenters. The summed E-state index contributed by atoms with van der Waals surface area (Å²) in [6.45, 7) is 1.28. The van der Waals surface area contributed by atoms with Gasteiger partial charge in [0.05, 0.1) is 11.0 Å². The van der Waals surface area contributed by atoms with Crippen LogP contribution < -0.4 is 10.0 Å². The van der Waals surface area contributed by atoms with E-state index in [0.29, 0.717) is 17.8 Å². The summed E-state index contributed by atoms with van der Waals surface area (Å²) in [5.41, 5.74) is 0.755. The van der Waals surface area contributed by atoms with E-state index in [-0.39, 0.29) is 16.9 Å². The summed E-state index contributed by atoms with van der Waals surface area (Å²) in [6, 6.07) is 12.8. The molecule has 0 radical (unpaired) electrons. The molecule has 2 aromatic rings. The molecule has 0 saturated carbocycles. The lowest BCUT2D eigenvalue weighted by Gasteiger charge is -2.11. The minimum atomic E-state index is -3.78. The quantitative estimate of drug-likeness (QED) is 0.672. The Morgan fingerprint density at radius 2 is 1.96 bits per heavy atom. The van der Waals surface area contributed by atoms with E-state index in [2.05, 4.69) is 26.0 Å². The van der Waals surface area contributed by atoms with Crippen LogP contribution in [-0.2, 0) is 14.8 Å². The summed E-state index contributed by atoms with van der Waals surface area (Å²) in [4.78, 5) is 12.4. The number of halogens is 1. The molecule has 1 fully saturated rings. The van der Waals surface area contributed by atoms with Crippen molar-refractivity contribution in [2.45, 2.75) is 30.3 Å². The number of rotatable bonds is 7. The van der Waals surface area contributed by atoms with Crippen LogP contribution in [0, 0.1) is 0 Å². The number of benzene rings is 2. The van der Waals surface area contributed by atoms with Crippen LogP contribution in [0.4, 0.5) is 5.69 Å². The fourth-order valence-electron chi connectivity index (χ4n) is 2.86. The molecule has 3 rings (SSSR count). The van der Waals surface area contributed by atoms with E-state index >= 15 is 0 Å². The Morgan fingerprint density at radius 3 is 2.67 bits per heavy atom. The van der Waals surface area contributed by atoms with Crippen molar-refractivity contribution in [2.75, 3.05) is 17.9 Å². The Morgan fingerprint density at radius 1 is 1.19 bits per heavy atom. The van der Waals surface area contributed by atoms with E-state index < -0.39 is 10.0 Å². The van der Waals surface area contributed by atoms with Crippen LogP contribution in [0.5, 0.6) is 0 Å². The molecule has 144 valence electrons. The molecule has 0 bridgehead atoms. The molecule has 1 aliphatic rings. The zero-order valence-corrected chi connectivity index (χ0v) is 17.1. The van der Waals surface area contributed by atoms with Gasteiger partial charge in [-0.1, -0.05) is 22.0 Å². The normalized spacial score (nSPS) is 16.9. The highest BCUT2D eigenvalue weighted by Crippen LogP contribution is 2.19. The van der Waals surface area contributed by atoms with E-state index in [9.17, 15) is 13.2 Å². The van der Waals surface area contributed by atoms with Crippen molar-refractivity contribution in [1.29, 1.82) is 0 Å². The van der Waals surface area contributed by atoms with E-state index in [0.717, 1.165) is 30.3 Å². The van der Waals surface area contributed by atoms with Gasteiger partial charge in [0.25, 0.3) is 15.9 Å². The van der Waals surface area contributed by atoms with Crippen LogP contribution >= 0.6 is 15.9 Å². The lowest BCUT2D eigenvalue weighted by Crippen LogP contribution is -2.27. The molecular formula is C19H21BrN2O4S. The molecule has 0 aliphatic carbocycles. The number of anilines is 1. The Labute approximate surface area is 167 Å². The standard InChI is InChI=1S/C19H21BrN2O4S/c20-15-6-8-16(9-7-15)22-27(24,25)18-5-1-3-14(13-18)19(23)21-11-10-17-4-2-12-26-17/h1,3,5-9,13,17,22H,2,4,10-12H2,(H,21,23)/t17-/m1/s1. The second kappa shape index (κ2) is 8.86. The highest BCUT2D eigenvalue weighted by Gasteiger charge is 2.18. The molecule has 8 heteroatoms. The van der Waals surface area contributed by atoms with Crippen molar-refractivity contribution in [3.8, 4) is 0 Å². The van der Waals surface area contributed by atoms with Gasteiger partial charge in [-0.3, -0.25) is 9.52 Å². The molecule has 1 aliphatic heterocycles.